The quantitative estimate of drug-likeness (QED) is 0.360. The summed E-state index contributed by atoms with van der Waals surface area (Å²) in [5.41, 5.74) is 4.30. The van der Waals surface area contributed by atoms with Gasteiger partial charge in [0.1, 0.15) is 17.9 Å². The number of rotatable bonds is 8. The highest BCUT2D eigenvalue weighted by atomic mass is 32.2. The van der Waals surface area contributed by atoms with Crippen LogP contribution >= 0.6 is 11.3 Å². The highest BCUT2D eigenvalue weighted by Crippen LogP contribution is 2.37. The highest BCUT2D eigenvalue weighted by Gasteiger charge is 2.43. The van der Waals surface area contributed by atoms with E-state index in [0.29, 0.717) is 10.5 Å². The number of hydrogen-bond donors (Lipinski definition) is 3. The number of likely N-dealkylation sites (tertiary alicyclic amines) is 1. The topological polar surface area (TPSA) is 159 Å². The number of nitrogen functional groups attached to an aromatic ring is 1. The number of carboxylic acids is 1. The zero-order valence-corrected chi connectivity index (χ0v) is 21.8. The minimum absolute atomic E-state index is 0.0499. The van der Waals surface area contributed by atoms with E-state index < -0.39 is 52.1 Å². The SMILES string of the molecule is Nc1nccc2cc(C[C@H](C(=O)O)N3CC[C@H](NS(=O)(=O)c4cnc(N5CCC5)s4)C3=O)c(C(F)(F)F)cc12. The Morgan fingerprint density at radius 1 is 1.26 bits per heavy atom. The smallest absolute Gasteiger partial charge is 0.416 e. The molecule has 0 spiro atoms. The van der Waals surface area contributed by atoms with Crippen LogP contribution in [0.4, 0.5) is 24.1 Å². The number of alkyl halides is 3. The first-order valence-electron chi connectivity index (χ1n) is 11.9. The van der Waals surface area contributed by atoms with Gasteiger partial charge in [-0.05, 0) is 35.9 Å². The average Bonchev–Trinajstić information content (AvgIpc) is 3.43. The zero-order chi connectivity index (χ0) is 28.1. The third kappa shape index (κ3) is 5.23. The van der Waals surface area contributed by atoms with E-state index in [2.05, 4.69) is 14.7 Å². The maximum Gasteiger partial charge on any atom is 0.416 e. The van der Waals surface area contributed by atoms with E-state index in [4.69, 9.17) is 5.73 Å². The van der Waals surface area contributed by atoms with Crippen molar-refractivity contribution < 1.29 is 36.3 Å². The number of carboxylic acid groups (broad SMARTS) is 1. The van der Waals surface area contributed by atoms with Crippen molar-refractivity contribution in [3.8, 4) is 0 Å². The number of carbonyl (C=O) groups excluding carboxylic acids is 1. The van der Waals surface area contributed by atoms with Crippen molar-refractivity contribution in [1.82, 2.24) is 19.6 Å². The summed E-state index contributed by atoms with van der Waals surface area (Å²) in [6.45, 7) is 1.38. The van der Waals surface area contributed by atoms with Gasteiger partial charge >= 0.3 is 12.1 Å². The molecule has 4 heterocycles. The van der Waals surface area contributed by atoms with Gasteiger partial charge in [-0.1, -0.05) is 17.4 Å². The number of anilines is 2. The minimum atomic E-state index is -4.83. The van der Waals surface area contributed by atoms with Gasteiger partial charge in [0.25, 0.3) is 10.0 Å². The van der Waals surface area contributed by atoms with Gasteiger partial charge in [-0.15, -0.1) is 0 Å². The van der Waals surface area contributed by atoms with Crippen molar-refractivity contribution >= 4 is 55.0 Å². The van der Waals surface area contributed by atoms with E-state index in [9.17, 15) is 36.3 Å². The Balaban J connectivity index is 1.38. The molecule has 11 nitrogen and oxygen atoms in total. The second-order valence-corrected chi connectivity index (χ2v) is 12.2. The molecule has 16 heteroatoms. The molecule has 2 aliphatic rings. The van der Waals surface area contributed by atoms with Gasteiger partial charge in [0, 0.05) is 37.6 Å². The number of nitrogens with one attached hydrogen (secondary N) is 1. The van der Waals surface area contributed by atoms with Crippen LogP contribution < -0.4 is 15.4 Å². The van der Waals surface area contributed by atoms with Crippen LogP contribution in [0.15, 0.2) is 34.8 Å². The second-order valence-electron chi connectivity index (χ2n) is 9.28. The Morgan fingerprint density at radius 3 is 2.64 bits per heavy atom. The number of nitrogens with two attached hydrogens (primary N) is 1. The summed E-state index contributed by atoms with van der Waals surface area (Å²) in [5, 5.41) is 10.8. The lowest BCUT2D eigenvalue weighted by Crippen LogP contribution is -2.48. The molecule has 0 aliphatic carbocycles. The van der Waals surface area contributed by atoms with Gasteiger partial charge in [0.15, 0.2) is 9.34 Å². The Labute approximate surface area is 224 Å². The van der Waals surface area contributed by atoms with Gasteiger partial charge in [-0.25, -0.2) is 23.2 Å². The fourth-order valence-electron chi connectivity index (χ4n) is 4.66. The van der Waals surface area contributed by atoms with Crippen LogP contribution in [0.25, 0.3) is 10.8 Å². The Kier molecular flexibility index (Phi) is 6.88. The zero-order valence-electron chi connectivity index (χ0n) is 20.2. The molecule has 0 unspecified atom stereocenters. The van der Waals surface area contributed by atoms with E-state index in [1.165, 1.54) is 24.5 Å². The van der Waals surface area contributed by atoms with Gasteiger partial charge in [-0.2, -0.15) is 17.9 Å². The van der Waals surface area contributed by atoms with Gasteiger partial charge in [-0.3, -0.25) is 4.79 Å². The molecular formula is C23H23F3N6O5S2. The monoisotopic (exact) mass is 584 g/mol. The molecule has 2 aliphatic heterocycles. The Hall–Kier alpha value is -3.50. The first-order chi connectivity index (χ1) is 18.3. The molecule has 1 aromatic carbocycles. The molecule has 0 saturated carbocycles. The molecule has 2 fully saturated rings. The molecule has 1 amide bonds. The number of nitrogens with zero attached hydrogens (tertiary/aromatic N) is 4. The van der Waals surface area contributed by atoms with Crippen LogP contribution in [-0.4, -0.2) is 72.0 Å². The molecule has 4 N–H and O–H groups in total. The van der Waals surface area contributed by atoms with Gasteiger partial charge < -0.3 is 20.6 Å². The summed E-state index contributed by atoms with van der Waals surface area (Å²) >= 11 is 0.953. The molecule has 2 aromatic heterocycles. The van der Waals surface area contributed by atoms with E-state index in [0.717, 1.165) is 41.8 Å². The fraction of sp³-hybridized carbons (Fsp3) is 0.391. The number of carbonyl (C=O) groups is 2. The minimum Gasteiger partial charge on any atom is -0.480 e. The molecule has 208 valence electrons. The van der Waals surface area contributed by atoms with E-state index in [1.54, 1.807) is 0 Å². The van der Waals surface area contributed by atoms with Gasteiger partial charge in [0.2, 0.25) is 5.91 Å². The predicted molar refractivity (Wildman–Crippen MR) is 136 cm³/mol. The summed E-state index contributed by atoms with van der Waals surface area (Å²) in [6, 6.07) is 0.524. The molecule has 3 aromatic rings. The van der Waals surface area contributed by atoms with Crippen molar-refractivity contribution in [2.45, 2.75) is 41.7 Å². The summed E-state index contributed by atoms with van der Waals surface area (Å²) < 4.78 is 69.8. The largest absolute Gasteiger partial charge is 0.480 e. The molecule has 5 rings (SSSR count). The molecule has 0 radical (unpaired) electrons. The fourth-order valence-corrected chi connectivity index (χ4v) is 7.07. The highest BCUT2D eigenvalue weighted by molar-refractivity contribution is 7.91. The lowest BCUT2D eigenvalue weighted by Gasteiger charge is -2.30. The standard InChI is InChI=1S/C23H23F3N6O5S2/c24-23(25,26)15-10-14-12(2-4-28-19(14)27)8-13(15)9-17(21(34)35)32-7-3-16(20(32)33)30-39(36,37)18-11-29-22(38-18)31-5-1-6-31/h2,4,8,10-11,16-17,30H,1,3,5-7,9H2,(H2,27,28)(H,34,35)/t16-,17+/m0/s1. The summed E-state index contributed by atoms with van der Waals surface area (Å²) in [7, 11) is -4.14. The second kappa shape index (κ2) is 9.91. The number of benzene rings is 1. The third-order valence-corrected chi connectivity index (χ3v) is 9.79. The maximum absolute atomic E-state index is 13.9. The summed E-state index contributed by atoms with van der Waals surface area (Å²) in [5.74, 6) is -2.46. The number of halogens is 3. The lowest BCUT2D eigenvalue weighted by atomic mass is 9.95. The van der Waals surface area contributed by atoms with Crippen LogP contribution in [0.2, 0.25) is 0 Å². The van der Waals surface area contributed by atoms with Crippen molar-refractivity contribution in [3.63, 3.8) is 0 Å². The number of amides is 1. The molecular weight excluding hydrogens is 561 g/mol. The Morgan fingerprint density at radius 2 is 2.00 bits per heavy atom. The third-order valence-electron chi connectivity index (χ3n) is 6.80. The van der Waals surface area contributed by atoms with Crippen LogP contribution in [0.1, 0.15) is 24.0 Å². The van der Waals surface area contributed by atoms with Gasteiger partial charge in [0.05, 0.1) is 11.8 Å². The number of aromatic nitrogens is 2. The number of pyridine rings is 1. The van der Waals surface area contributed by atoms with Crippen molar-refractivity contribution in [2.75, 3.05) is 30.3 Å². The average molecular weight is 585 g/mol. The molecule has 39 heavy (non-hydrogen) atoms. The van der Waals surface area contributed by atoms with Crippen molar-refractivity contribution in [1.29, 1.82) is 0 Å². The van der Waals surface area contributed by atoms with E-state index in [-0.39, 0.29) is 33.9 Å². The maximum atomic E-state index is 13.9. The Bertz CT molecular complexity index is 1560. The first kappa shape index (κ1) is 27.1. The normalized spacial score (nSPS) is 18.9. The van der Waals surface area contributed by atoms with Crippen LogP contribution in [0, 0.1) is 0 Å². The number of hydrogen-bond acceptors (Lipinski definition) is 9. The number of thiazole rings is 1. The molecule has 2 saturated heterocycles. The number of aliphatic carboxylic acids is 1. The molecule has 0 bridgehead atoms. The summed E-state index contributed by atoms with van der Waals surface area (Å²) in [4.78, 5) is 36.0. The van der Waals surface area contributed by atoms with Crippen molar-refractivity contribution in [3.05, 3.63) is 41.7 Å². The van der Waals surface area contributed by atoms with Crippen molar-refractivity contribution in [2.24, 2.45) is 0 Å². The summed E-state index contributed by atoms with van der Waals surface area (Å²) in [6.07, 6.45) is -2.04. The van der Waals surface area contributed by atoms with E-state index in [1.807, 2.05) is 4.90 Å². The predicted octanol–water partition coefficient (Wildman–Crippen LogP) is 2.08. The lowest BCUT2D eigenvalue weighted by molar-refractivity contribution is -0.149. The van der Waals surface area contributed by atoms with Crippen LogP contribution in [0.3, 0.4) is 0 Å². The first-order valence-corrected chi connectivity index (χ1v) is 14.2. The van der Waals surface area contributed by atoms with Crippen LogP contribution in [-0.2, 0) is 32.2 Å². The van der Waals surface area contributed by atoms with E-state index >= 15 is 0 Å². The number of fused-ring (bicyclic) bond motifs is 1. The molecule has 2 atom stereocenters. The number of sulfonamides is 1. The van der Waals surface area contributed by atoms with Crippen LogP contribution in [0.5, 0.6) is 0 Å².